The highest BCUT2D eigenvalue weighted by atomic mass is 16.5. The molecule has 3 rings (SSSR count). The van der Waals surface area contributed by atoms with Gasteiger partial charge < -0.3 is 14.8 Å². The van der Waals surface area contributed by atoms with E-state index in [0.29, 0.717) is 0 Å². The Morgan fingerprint density at radius 1 is 1.26 bits per heavy atom. The maximum Gasteiger partial charge on any atom is 0.119 e. The second kappa shape index (κ2) is 4.50. The van der Waals surface area contributed by atoms with E-state index in [-0.39, 0.29) is 11.2 Å². The molecule has 0 bridgehead atoms. The minimum absolute atomic E-state index is 0.115. The molecular weight excluding hydrogens is 238 g/mol. The summed E-state index contributed by atoms with van der Waals surface area (Å²) < 4.78 is 11.9. The lowest BCUT2D eigenvalue weighted by molar-refractivity contribution is -0.174. The van der Waals surface area contributed by atoms with Crippen LogP contribution in [0, 0.1) is 0 Å². The zero-order valence-electron chi connectivity index (χ0n) is 12.1. The number of ether oxygens (including phenoxy) is 2. The molecule has 104 valence electrons. The Morgan fingerprint density at radius 2 is 2.11 bits per heavy atom. The van der Waals surface area contributed by atoms with Crippen molar-refractivity contribution < 1.29 is 9.47 Å². The predicted molar refractivity (Wildman–Crippen MR) is 75.6 cm³/mol. The first-order valence-corrected chi connectivity index (χ1v) is 7.13. The number of rotatable bonds is 1. The van der Waals surface area contributed by atoms with E-state index in [1.54, 1.807) is 7.11 Å². The number of aryl methyl sites for hydroxylation is 1. The minimum atomic E-state index is -0.177. The van der Waals surface area contributed by atoms with Crippen molar-refractivity contribution in [1.82, 2.24) is 5.32 Å². The summed E-state index contributed by atoms with van der Waals surface area (Å²) in [5.74, 6) is 0.923. The van der Waals surface area contributed by atoms with Crippen LogP contribution in [0.3, 0.4) is 0 Å². The van der Waals surface area contributed by atoms with Gasteiger partial charge in [0.1, 0.15) is 11.4 Å². The Bertz CT molecular complexity index is 484. The molecule has 0 aromatic heterocycles. The molecule has 0 radical (unpaired) electrons. The van der Waals surface area contributed by atoms with Gasteiger partial charge in [0, 0.05) is 13.1 Å². The fraction of sp³-hybridized carbons (Fsp3) is 0.625. The van der Waals surface area contributed by atoms with Crippen molar-refractivity contribution in [2.45, 2.75) is 44.3 Å². The Kier molecular flexibility index (Phi) is 3.06. The summed E-state index contributed by atoms with van der Waals surface area (Å²) in [7, 11) is 1.72. The van der Waals surface area contributed by atoms with Crippen LogP contribution in [0.25, 0.3) is 0 Å². The van der Waals surface area contributed by atoms with Gasteiger partial charge in [-0.15, -0.1) is 0 Å². The summed E-state index contributed by atoms with van der Waals surface area (Å²) in [6.07, 6.45) is 3.42. The van der Waals surface area contributed by atoms with E-state index < -0.39 is 0 Å². The molecule has 1 spiro atoms. The molecule has 0 saturated carbocycles. The topological polar surface area (TPSA) is 30.5 Å². The molecule has 1 N–H and O–H groups in total. The molecule has 1 aromatic rings. The third-order valence-corrected chi connectivity index (χ3v) is 4.27. The number of nitrogens with one attached hydrogen (secondary N) is 1. The van der Waals surface area contributed by atoms with E-state index >= 15 is 0 Å². The lowest BCUT2D eigenvalue weighted by atomic mass is 9.77. The quantitative estimate of drug-likeness (QED) is 0.843. The van der Waals surface area contributed by atoms with E-state index in [9.17, 15) is 0 Å². The number of benzene rings is 1. The van der Waals surface area contributed by atoms with Crippen LogP contribution in [0.2, 0.25) is 0 Å². The Balaban J connectivity index is 2.05. The van der Waals surface area contributed by atoms with Crippen LogP contribution < -0.4 is 10.1 Å². The molecule has 1 aliphatic heterocycles. The van der Waals surface area contributed by atoms with Gasteiger partial charge in [-0.05, 0) is 56.4 Å². The van der Waals surface area contributed by atoms with Crippen LogP contribution in [0.5, 0.6) is 5.75 Å². The molecule has 3 heteroatoms. The molecule has 1 atom stereocenters. The molecule has 0 amide bonds. The maximum absolute atomic E-state index is 6.51. The Hall–Kier alpha value is -1.06. The number of fused-ring (bicyclic) bond motifs is 2. The smallest absolute Gasteiger partial charge is 0.119 e. The average molecular weight is 261 g/mol. The molecule has 1 heterocycles. The summed E-state index contributed by atoms with van der Waals surface area (Å²) in [4.78, 5) is 0. The molecule has 3 nitrogen and oxygen atoms in total. The molecule has 1 fully saturated rings. The third-order valence-electron chi connectivity index (χ3n) is 4.27. The number of hydrogen-bond donors (Lipinski definition) is 1. The van der Waals surface area contributed by atoms with Gasteiger partial charge in [0.15, 0.2) is 0 Å². The fourth-order valence-electron chi connectivity index (χ4n) is 3.48. The van der Waals surface area contributed by atoms with Crippen LogP contribution in [0.4, 0.5) is 0 Å². The Morgan fingerprint density at radius 3 is 2.84 bits per heavy atom. The highest BCUT2D eigenvalue weighted by molar-refractivity contribution is 5.42. The van der Waals surface area contributed by atoms with Gasteiger partial charge in [0.25, 0.3) is 0 Å². The van der Waals surface area contributed by atoms with Crippen LogP contribution in [-0.4, -0.2) is 25.8 Å². The molecule has 1 unspecified atom stereocenters. The molecule has 1 aromatic carbocycles. The summed E-state index contributed by atoms with van der Waals surface area (Å²) in [5.41, 5.74) is 2.43. The first-order valence-electron chi connectivity index (χ1n) is 7.13. The fourth-order valence-corrected chi connectivity index (χ4v) is 3.48. The zero-order chi connectivity index (χ0) is 13.5. The van der Waals surface area contributed by atoms with E-state index in [1.807, 2.05) is 0 Å². The largest absolute Gasteiger partial charge is 0.497 e. The number of hydrogen-bond acceptors (Lipinski definition) is 3. The molecule has 1 saturated heterocycles. The molecular formula is C16H23NO2. The van der Waals surface area contributed by atoms with Crippen molar-refractivity contribution in [1.29, 1.82) is 0 Å². The minimum Gasteiger partial charge on any atom is -0.497 e. The number of methoxy groups -OCH3 is 1. The molecule has 19 heavy (non-hydrogen) atoms. The zero-order valence-corrected chi connectivity index (χ0v) is 12.1. The highest BCUT2D eigenvalue weighted by Crippen LogP contribution is 2.43. The first-order chi connectivity index (χ1) is 9.05. The van der Waals surface area contributed by atoms with Crippen LogP contribution in [0.1, 0.15) is 37.8 Å². The van der Waals surface area contributed by atoms with Gasteiger partial charge in [-0.2, -0.15) is 0 Å². The van der Waals surface area contributed by atoms with Crippen molar-refractivity contribution in [3.05, 3.63) is 29.3 Å². The summed E-state index contributed by atoms with van der Waals surface area (Å²) in [6.45, 7) is 6.13. The van der Waals surface area contributed by atoms with E-state index in [2.05, 4.69) is 37.4 Å². The van der Waals surface area contributed by atoms with Crippen molar-refractivity contribution in [3.63, 3.8) is 0 Å². The predicted octanol–water partition coefficient (Wildman–Crippen LogP) is 2.63. The van der Waals surface area contributed by atoms with Gasteiger partial charge in [-0.3, -0.25) is 0 Å². The summed E-state index contributed by atoms with van der Waals surface area (Å²) >= 11 is 0. The SMILES string of the molecule is COc1ccc2c(c1)C1(CCC2)CNCC(C)(C)O1. The maximum atomic E-state index is 6.51. The second-order valence-electron chi connectivity index (χ2n) is 6.34. The second-order valence-corrected chi connectivity index (χ2v) is 6.34. The highest BCUT2D eigenvalue weighted by Gasteiger charge is 2.44. The van der Waals surface area contributed by atoms with Crippen LogP contribution >= 0.6 is 0 Å². The summed E-state index contributed by atoms with van der Waals surface area (Å²) in [5, 5.41) is 3.55. The molecule has 1 aliphatic carbocycles. The average Bonchev–Trinajstić information content (AvgIpc) is 2.37. The summed E-state index contributed by atoms with van der Waals surface area (Å²) in [6, 6.07) is 6.41. The standard InChI is InChI=1S/C16H23NO2/c1-15(2)10-17-11-16(19-15)8-4-5-12-6-7-13(18-3)9-14(12)16/h6-7,9,17H,4-5,8,10-11H2,1-3H3. The van der Waals surface area contributed by atoms with Crippen LogP contribution in [0.15, 0.2) is 18.2 Å². The normalized spacial score (nSPS) is 29.0. The molecule has 2 aliphatic rings. The lowest BCUT2D eigenvalue weighted by Gasteiger charge is -2.48. The lowest BCUT2D eigenvalue weighted by Crippen LogP contribution is -2.57. The van der Waals surface area contributed by atoms with Gasteiger partial charge >= 0.3 is 0 Å². The van der Waals surface area contributed by atoms with Crippen molar-refractivity contribution in [2.75, 3.05) is 20.2 Å². The van der Waals surface area contributed by atoms with E-state index in [1.165, 1.54) is 17.5 Å². The van der Waals surface area contributed by atoms with Crippen molar-refractivity contribution >= 4 is 0 Å². The Labute approximate surface area is 115 Å². The van der Waals surface area contributed by atoms with Gasteiger partial charge in [-0.25, -0.2) is 0 Å². The van der Waals surface area contributed by atoms with Crippen molar-refractivity contribution in [3.8, 4) is 5.75 Å². The van der Waals surface area contributed by atoms with E-state index in [4.69, 9.17) is 9.47 Å². The van der Waals surface area contributed by atoms with Crippen LogP contribution in [-0.2, 0) is 16.8 Å². The first kappa shape index (κ1) is 12.9. The third kappa shape index (κ3) is 2.26. The number of morpholine rings is 1. The van der Waals surface area contributed by atoms with Gasteiger partial charge in [-0.1, -0.05) is 6.07 Å². The van der Waals surface area contributed by atoms with Crippen molar-refractivity contribution in [2.24, 2.45) is 0 Å². The van der Waals surface area contributed by atoms with Gasteiger partial charge in [0.05, 0.1) is 12.7 Å². The van der Waals surface area contributed by atoms with Gasteiger partial charge in [0.2, 0.25) is 0 Å². The van der Waals surface area contributed by atoms with E-state index in [0.717, 1.165) is 31.7 Å². The monoisotopic (exact) mass is 261 g/mol.